The van der Waals surface area contributed by atoms with Crippen LogP contribution in [0.3, 0.4) is 0 Å². The number of hydrogen-bond donors (Lipinski definition) is 0. The van der Waals surface area contributed by atoms with Crippen LogP contribution >= 0.6 is 0 Å². The normalized spacial score (nSPS) is 29.2. The van der Waals surface area contributed by atoms with Crippen LogP contribution in [0.2, 0.25) is 0 Å². The number of rotatable bonds is 1. The van der Waals surface area contributed by atoms with E-state index in [2.05, 4.69) is 0 Å². The summed E-state index contributed by atoms with van der Waals surface area (Å²) in [5, 5.41) is 0. The third-order valence-electron chi connectivity index (χ3n) is 2.03. The Morgan fingerprint density at radius 1 is 1.00 bits per heavy atom. The fourth-order valence-corrected chi connectivity index (χ4v) is 5.61. The maximum absolute atomic E-state index is 11.5. The van der Waals surface area contributed by atoms with Crippen molar-refractivity contribution in [2.75, 3.05) is 11.5 Å². The Bertz CT molecular complexity index is 332. The summed E-state index contributed by atoms with van der Waals surface area (Å²) in [6.07, 6.45) is 0. The highest BCUT2D eigenvalue weighted by atomic mass is 32.3. The third-order valence-corrected chi connectivity index (χ3v) is 6.29. The van der Waals surface area contributed by atoms with Gasteiger partial charge in [-0.1, -0.05) is 30.3 Å². The molecule has 1 saturated heterocycles. The second-order valence-corrected chi connectivity index (χ2v) is 6.49. The molecule has 2 rings (SSSR count). The standard InChI is InChI=1S/C9H10O2S2/c10-12-6-7-13(11)9(12)8-4-2-1-3-5-8/h1-5,9H,6-7H2/t12-,13-/m1/s1. The van der Waals surface area contributed by atoms with E-state index in [1.165, 1.54) is 0 Å². The zero-order valence-electron chi connectivity index (χ0n) is 7.01. The Morgan fingerprint density at radius 3 is 2.08 bits per heavy atom. The van der Waals surface area contributed by atoms with E-state index in [4.69, 9.17) is 0 Å². The van der Waals surface area contributed by atoms with E-state index in [9.17, 15) is 8.42 Å². The summed E-state index contributed by atoms with van der Waals surface area (Å²) in [5.74, 6) is 1.15. The van der Waals surface area contributed by atoms with Crippen molar-refractivity contribution >= 4 is 21.6 Å². The molecular formula is C9H10O2S2. The lowest BCUT2D eigenvalue weighted by Crippen LogP contribution is -2.03. The van der Waals surface area contributed by atoms with Gasteiger partial charge < -0.3 is 0 Å². The Kier molecular flexibility index (Phi) is 2.60. The Morgan fingerprint density at radius 2 is 1.54 bits per heavy atom. The smallest absolute Gasteiger partial charge is 0.135 e. The molecule has 1 aromatic rings. The van der Waals surface area contributed by atoms with Crippen LogP contribution in [0.4, 0.5) is 0 Å². The second kappa shape index (κ2) is 3.72. The van der Waals surface area contributed by atoms with Crippen molar-refractivity contribution in [1.29, 1.82) is 0 Å². The third kappa shape index (κ3) is 1.74. The summed E-state index contributed by atoms with van der Waals surface area (Å²) in [5.41, 5.74) is 0.941. The van der Waals surface area contributed by atoms with E-state index < -0.39 is 21.6 Å². The van der Waals surface area contributed by atoms with Gasteiger partial charge in [0.25, 0.3) is 0 Å². The molecule has 0 radical (unpaired) electrons. The molecule has 13 heavy (non-hydrogen) atoms. The summed E-state index contributed by atoms with van der Waals surface area (Å²) in [7, 11) is -1.88. The quantitative estimate of drug-likeness (QED) is 0.704. The minimum atomic E-state index is -0.942. The second-order valence-electron chi connectivity index (χ2n) is 2.91. The first-order chi connectivity index (χ1) is 6.29. The van der Waals surface area contributed by atoms with Gasteiger partial charge in [0.15, 0.2) is 0 Å². The van der Waals surface area contributed by atoms with Crippen LogP contribution in [-0.2, 0) is 21.6 Å². The molecule has 2 atom stereocenters. The molecule has 1 heterocycles. The van der Waals surface area contributed by atoms with Gasteiger partial charge in [-0.2, -0.15) is 0 Å². The van der Waals surface area contributed by atoms with Gasteiger partial charge >= 0.3 is 0 Å². The highest BCUT2D eigenvalue weighted by molar-refractivity contribution is 8.05. The van der Waals surface area contributed by atoms with Crippen LogP contribution in [0.1, 0.15) is 10.1 Å². The average molecular weight is 214 g/mol. The van der Waals surface area contributed by atoms with Crippen LogP contribution in [0.5, 0.6) is 0 Å². The molecule has 2 nitrogen and oxygen atoms in total. The van der Waals surface area contributed by atoms with E-state index in [0.29, 0.717) is 11.5 Å². The molecule has 1 aliphatic rings. The fraction of sp³-hybridized carbons (Fsp3) is 0.333. The summed E-state index contributed by atoms with van der Waals surface area (Å²) < 4.78 is 22.8. The van der Waals surface area contributed by atoms with Crippen molar-refractivity contribution in [3.8, 4) is 0 Å². The lowest BCUT2D eigenvalue weighted by molar-refractivity contribution is 0.679. The SMILES string of the molecule is O=[S@@]1CC[S@@](=O)C1c1ccccc1. The van der Waals surface area contributed by atoms with E-state index in [1.54, 1.807) is 0 Å². The minimum absolute atomic E-state index is 0.249. The zero-order valence-corrected chi connectivity index (χ0v) is 8.64. The van der Waals surface area contributed by atoms with Crippen LogP contribution in [0.15, 0.2) is 30.3 Å². The molecule has 0 unspecified atom stereocenters. The highest BCUT2D eigenvalue weighted by Crippen LogP contribution is 2.28. The monoisotopic (exact) mass is 214 g/mol. The van der Waals surface area contributed by atoms with Crippen molar-refractivity contribution in [2.45, 2.75) is 4.58 Å². The van der Waals surface area contributed by atoms with Gasteiger partial charge in [-0.25, -0.2) is 0 Å². The Labute approximate surface area is 82.3 Å². The molecule has 1 aliphatic heterocycles. The topological polar surface area (TPSA) is 34.1 Å². The van der Waals surface area contributed by atoms with Crippen molar-refractivity contribution in [1.82, 2.24) is 0 Å². The van der Waals surface area contributed by atoms with Gasteiger partial charge in [0, 0.05) is 33.1 Å². The first-order valence-electron chi connectivity index (χ1n) is 4.08. The summed E-state index contributed by atoms with van der Waals surface area (Å²) in [6.45, 7) is 0. The molecule has 4 heteroatoms. The van der Waals surface area contributed by atoms with Crippen molar-refractivity contribution in [2.24, 2.45) is 0 Å². The molecule has 1 fully saturated rings. The molecule has 70 valence electrons. The highest BCUT2D eigenvalue weighted by Gasteiger charge is 2.31. The summed E-state index contributed by atoms with van der Waals surface area (Å²) in [4.78, 5) is 0. The van der Waals surface area contributed by atoms with Crippen molar-refractivity contribution in [3.63, 3.8) is 0 Å². The zero-order chi connectivity index (χ0) is 9.26. The molecule has 0 aliphatic carbocycles. The van der Waals surface area contributed by atoms with Gasteiger partial charge in [-0.05, 0) is 5.56 Å². The summed E-state index contributed by atoms with van der Waals surface area (Å²) in [6, 6.07) is 9.48. The maximum atomic E-state index is 11.5. The minimum Gasteiger partial charge on any atom is -0.258 e. The van der Waals surface area contributed by atoms with E-state index in [-0.39, 0.29) is 4.58 Å². The summed E-state index contributed by atoms with van der Waals surface area (Å²) >= 11 is 0. The van der Waals surface area contributed by atoms with E-state index in [1.807, 2.05) is 30.3 Å². The van der Waals surface area contributed by atoms with Crippen LogP contribution < -0.4 is 0 Å². The maximum Gasteiger partial charge on any atom is 0.135 e. The molecule has 0 amide bonds. The van der Waals surface area contributed by atoms with E-state index in [0.717, 1.165) is 5.56 Å². The largest absolute Gasteiger partial charge is 0.258 e. The predicted octanol–water partition coefficient (Wildman–Crippen LogP) is 1.20. The number of hydrogen-bond acceptors (Lipinski definition) is 2. The Balaban J connectivity index is 2.36. The average Bonchev–Trinajstić information content (AvgIpc) is 2.48. The molecule has 0 saturated carbocycles. The van der Waals surface area contributed by atoms with E-state index >= 15 is 0 Å². The van der Waals surface area contributed by atoms with Gasteiger partial charge in [-0.3, -0.25) is 8.42 Å². The fourth-order valence-electron chi connectivity index (χ4n) is 1.41. The van der Waals surface area contributed by atoms with Crippen LogP contribution in [0.25, 0.3) is 0 Å². The molecule has 0 bridgehead atoms. The molecule has 1 aromatic carbocycles. The Hall–Kier alpha value is -0.480. The van der Waals surface area contributed by atoms with Crippen LogP contribution in [-0.4, -0.2) is 19.9 Å². The molecule has 0 spiro atoms. The molecular weight excluding hydrogens is 204 g/mol. The van der Waals surface area contributed by atoms with Gasteiger partial charge in [-0.15, -0.1) is 0 Å². The predicted molar refractivity (Wildman–Crippen MR) is 55.2 cm³/mol. The molecule has 0 aromatic heterocycles. The van der Waals surface area contributed by atoms with Gasteiger partial charge in [0.1, 0.15) is 4.58 Å². The lowest BCUT2D eigenvalue weighted by Gasteiger charge is -2.06. The van der Waals surface area contributed by atoms with Gasteiger partial charge in [0.2, 0.25) is 0 Å². The first kappa shape index (κ1) is 9.09. The van der Waals surface area contributed by atoms with Crippen LogP contribution in [0, 0.1) is 0 Å². The number of benzene rings is 1. The van der Waals surface area contributed by atoms with Crippen molar-refractivity contribution < 1.29 is 8.42 Å². The molecule has 0 N–H and O–H groups in total. The van der Waals surface area contributed by atoms with Gasteiger partial charge in [0.05, 0.1) is 0 Å². The first-order valence-corrected chi connectivity index (χ1v) is 6.85. The lowest BCUT2D eigenvalue weighted by atomic mass is 10.2. The van der Waals surface area contributed by atoms with Crippen molar-refractivity contribution in [3.05, 3.63) is 35.9 Å².